The van der Waals surface area contributed by atoms with Crippen molar-refractivity contribution in [3.8, 4) is 0 Å². The van der Waals surface area contributed by atoms with E-state index in [4.69, 9.17) is 5.84 Å². The molecule has 0 saturated carbocycles. The summed E-state index contributed by atoms with van der Waals surface area (Å²) in [5.41, 5.74) is 6.19. The van der Waals surface area contributed by atoms with E-state index in [0.29, 0.717) is 0 Å². The standard InChI is InChI=1S/C14H18N4/c1-11-8-12(10-16-9-11)14(18-15)6-5-13-4-2-3-7-17-13/h2-4,7-10,14,18H,5-6,15H2,1H3. The van der Waals surface area contributed by atoms with Gasteiger partial charge in [-0.3, -0.25) is 21.2 Å². The van der Waals surface area contributed by atoms with Crippen molar-refractivity contribution in [2.24, 2.45) is 5.84 Å². The molecule has 1 atom stereocenters. The number of hydrogen-bond donors (Lipinski definition) is 2. The molecule has 0 aliphatic heterocycles. The molecule has 2 aromatic heterocycles. The summed E-state index contributed by atoms with van der Waals surface area (Å²) in [6.07, 6.45) is 7.31. The van der Waals surface area contributed by atoms with Gasteiger partial charge in [-0.05, 0) is 43.0 Å². The van der Waals surface area contributed by atoms with Gasteiger partial charge in [0, 0.05) is 30.3 Å². The fourth-order valence-corrected chi connectivity index (χ4v) is 1.95. The Morgan fingerprint density at radius 1 is 1.33 bits per heavy atom. The summed E-state index contributed by atoms with van der Waals surface area (Å²) < 4.78 is 0. The van der Waals surface area contributed by atoms with Gasteiger partial charge in [-0.15, -0.1) is 0 Å². The molecular weight excluding hydrogens is 224 g/mol. The topological polar surface area (TPSA) is 63.8 Å². The molecule has 18 heavy (non-hydrogen) atoms. The maximum absolute atomic E-state index is 5.62. The van der Waals surface area contributed by atoms with Crippen LogP contribution >= 0.6 is 0 Å². The number of aryl methyl sites for hydroxylation is 2. The lowest BCUT2D eigenvalue weighted by atomic mass is 10.0. The molecule has 4 heteroatoms. The predicted octanol–water partition coefficient (Wildman–Crippen LogP) is 1.92. The number of rotatable bonds is 5. The highest BCUT2D eigenvalue weighted by atomic mass is 15.2. The van der Waals surface area contributed by atoms with E-state index in [1.165, 1.54) is 0 Å². The largest absolute Gasteiger partial charge is 0.271 e. The Morgan fingerprint density at radius 3 is 2.89 bits per heavy atom. The zero-order valence-electron chi connectivity index (χ0n) is 10.5. The fourth-order valence-electron chi connectivity index (χ4n) is 1.95. The Kier molecular flexibility index (Phi) is 4.39. The molecule has 0 aliphatic rings. The number of nitrogens with two attached hydrogens (primary N) is 1. The molecule has 0 aromatic carbocycles. The third-order valence-electron chi connectivity index (χ3n) is 2.91. The van der Waals surface area contributed by atoms with Gasteiger partial charge in [-0.2, -0.15) is 0 Å². The van der Waals surface area contributed by atoms with Crippen LogP contribution in [0.25, 0.3) is 0 Å². The van der Waals surface area contributed by atoms with Crippen LogP contribution < -0.4 is 11.3 Å². The molecule has 2 heterocycles. The van der Waals surface area contributed by atoms with E-state index in [0.717, 1.165) is 29.7 Å². The minimum Gasteiger partial charge on any atom is -0.271 e. The lowest BCUT2D eigenvalue weighted by Crippen LogP contribution is -2.28. The normalized spacial score (nSPS) is 12.3. The highest BCUT2D eigenvalue weighted by Crippen LogP contribution is 2.17. The van der Waals surface area contributed by atoms with Gasteiger partial charge >= 0.3 is 0 Å². The second kappa shape index (κ2) is 6.23. The number of nitrogens with zero attached hydrogens (tertiary/aromatic N) is 2. The zero-order chi connectivity index (χ0) is 12.8. The molecule has 2 rings (SSSR count). The Hall–Kier alpha value is -1.78. The summed E-state index contributed by atoms with van der Waals surface area (Å²) in [6, 6.07) is 8.17. The SMILES string of the molecule is Cc1cncc(C(CCc2ccccn2)NN)c1. The average molecular weight is 242 g/mol. The Labute approximate surface area is 107 Å². The molecule has 2 aromatic rings. The van der Waals surface area contributed by atoms with Gasteiger partial charge in [-0.25, -0.2) is 0 Å². The number of aromatic nitrogens is 2. The number of hydrazine groups is 1. The average Bonchev–Trinajstić information content (AvgIpc) is 2.41. The Morgan fingerprint density at radius 2 is 2.22 bits per heavy atom. The van der Waals surface area contributed by atoms with Gasteiger partial charge in [0.25, 0.3) is 0 Å². The maximum Gasteiger partial charge on any atom is 0.0479 e. The summed E-state index contributed by atoms with van der Waals surface area (Å²) in [5, 5.41) is 0. The summed E-state index contributed by atoms with van der Waals surface area (Å²) in [4.78, 5) is 8.51. The van der Waals surface area contributed by atoms with E-state index in [-0.39, 0.29) is 6.04 Å². The minimum atomic E-state index is 0.111. The van der Waals surface area contributed by atoms with Crippen LogP contribution in [0, 0.1) is 6.92 Å². The molecule has 3 N–H and O–H groups in total. The van der Waals surface area contributed by atoms with Crippen LogP contribution in [0.15, 0.2) is 42.9 Å². The lowest BCUT2D eigenvalue weighted by Gasteiger charge is -2.16. The van der Waals surface area contributed by atoms with Crippen molar-refractivity contribution in [1.82, 2.24) is 15.4 Å². The van der Waals surface area contributed by atoms with Crippen LogP contribution in [0.5, 0.6) is 0 Å². The van der Waals surface area contributed by atoms with Gasteiger partial charge in [0.2, 0.25) is 0 Å². The predicted molar refractivity (Wildman–Crippen MR) is 71.6 cm³/mol. The van der Waals surface area contributed by atoms with E-state index < -0.39 is 0 Å². The third kappa shape index (κ3) is 3.35. The second-order valence-electron chi connectivity index (χ2n) is 4.37. The van der Waals surface area contributed by atoms with E-state index in [2.05, 4.69) is 21.5 Å². The van der Waals surface area contributed by atoms with Gasteiger partial charge in [0.05, 0.1) is 0 Å². The first-order valence-corrected chi connectivity index (χ1v) is 6.07. The van der Waals surface area contributed by atoms with Crippen LogP contribution in [0.1, 0.15) is 29.3 Å². The van der Waals surface area contributed by atoms with E-state index in [1.807, 2.05) is 43.7 Å². The number of hydrogen-bond acceptors (Lipinski definition) is 4. The van der Waals surface area contributed by atoms with Gasteiger partial charge in [0.1, 0.15) is 0 Å². The van der Waals surface area contributed by atoms with E-state index in [1.54, 1.807) is 0 Å². The molecule has 0 fully saturated rings. The second-order valence-corrected chi connectivity index (χ2v) is 4.37. The van der Waals surface area contributed by atoms with Gasteiger partial charge < -0.3 is 0 Å². The van der Waals surface area contributed by atoms with Crippen molar-refractivity contribution in [3.63, 3.8) is 0 Å². The monoisotopic (exact) mass is 242 g/mol. The van der Waals surface area contributed by atoms with Crippen molar-refractivity contribution < 1.29 is 0 Å². The number of nitrogens with one attached hydrogen (secondary N) is 1. The smallest absolute Gasteiger partial charge is 0.0479 e. The first kappa shape index (κ1) is 12.7. The summed E-state index contributed by atoms with van der Waals surface area (Å²) in [7, 11) is 0. The molecule has 0 spiro atoms. The number of pyridine rings is 2. The molecular formula is C14H18N4. The molecule has 0 bridgehead atoms. The lowest BCUT2D eigenvalue weighted by molar-refractivity contribution is 0.512. The molecule has 0 radical (unpaired) electrons. The summed E-state index contributed by atoms with van der Waals surface area (Å²) in [6.45, 7) is 2.03. The van der Waals surface area contributed by atoms with Crippen molar-refractivity contribution in [2.75, 3.05) is 0 Å². The highest BCUT2D eigenvalue weighted by Gasteiger charge is 2.10. The third-order valence-corrected chi connectivity index (χ3v) is 2.91. The Balaban J connectivity index is 2.02. The van der Waals surface area contributed by atoms with Crippen molar-refractivity contribution in [2.45, 2.75) is 25.8 Å². The molecule has 0 saturated heterocycles. The molecule has 94 valence electrons. The molecule has 0 aliphatic carbocycles. The fraction of sp³-hybridized carbons (Fsp3) is 0.286. The van der Waals surface area contributed by atoms with Crippen LogP contribution in [-0.4, -0.2) is 9.97 Å². The van der Waals surface area contributed by atoms with Crippen LogP contribution in [0.2, 0.25) is 0 Å². The molecule has 4 nitrogen and oxygen atoms in total. The first-order chi connectivity index (χ1) is 8.79. The van der Waals surface area contributed by atoms with Crippen molar-refractivity contribution >= 4 is 0 Å². The van der Waals surface area contributed by atoms with Gasteiger partial charge in [-0.1, -0.05) is 12.1 Å². The van der Waals surface area contributed by atoms with E-state index >= 15 is 0 Å². The maximum atomic E-state index is 5.62. The van der Waals surface area contributed by atoms with E-state index in [9.17, 15) is 0 Å². The molecule has 1 unspecified atom stereocenters. The highest BCUT2D eigenvalue weighted by molar-refractivity contribution is 5.20. The minimum absolute atomic E-state index is 0.111. The molecule has 0 amide bonds. The summed E-state index contributed by atoms with van der Waals surface area (Å²) in [5.74, 6) is 5.62. The first-order valence-electron chi connectivity index (χ1n) is 6.07. The van der Waals surface area contributed by atoms with Crippen LogP contribution in [0.4, 0.5) is 0 Å². The van der Waals surface area contributed by atoms with Crippen molar-refractivity contribution in [3.05, 3.63) is 59.7 Å². The van der Waals surface area contributed by atoms with Crippen molar-refractivity contribution in [1.29, 1.82) is 0 Å². The Bertz CT molecular complexity index is 484. The summed E-state index contributed by atoms with van der Waals surface area (Å²) >= 11 is 0. The van der Waals surface area contributed by atoms with Gasteiger partial charge in [0.15, 0.2) is 0 Å². The van der Waals surface area contributed by atoms with Crippen LogP contribution in [-0.2, 0) is 6.42 Å². The zero-order valence-corrected chi connectivity index (χ0v) is 10.5. The van der Waals surface area contributed by atoms with Crippen LogP contribution in [0.3, 0.4) is 0 Å². The quantitative estimate of drug-likeness (QED) is 0.621.